The number of nitrogens with zero attached hydrogens (tertiary/aromatic N) is 6. The third-order valence-electron chi connectivity index (χ3n) is 10.4. The van der Waals surface area contributed by atoms with Crippen LogP contribution >= 0.6 is 0 Å². The van der Waals surface area contributed by atoms with Crippen molar-refractivity contribution in [3.63, 3.8) is 0 Å². The molecule has 6 nitrogen and oxygen atoms in total. The van der Waals surface area contributed by atoms with Crippen molar-refractivity contribution in [3.05, 3.63) is 169 Å². The van der Waals surface area contributed by atoms with Crippen molar-refractivity contribution >= 4 is 43.6 Å². The molecule has 6 aromatic heterocycles. The number of aromatic nitrogens is 6. The minimum absolute atomic E-state index is 0.473. The van der Waals surface area contributed by atoms with E-state index in [2.05, 4.69) is 9.97 Å². The van der Waals surface area contributed by atoms with Gasteiger partial charge >= 0.3 is 12.4 Å². The second-order valence-electron chi connectivity index (χ2n) is 13.8. The first kappa shape index (κ1) is 35.1. The van der Waals surface area contributed by atoms with Crippen LogP contribution in [-0.2, 0) is 12.4 Å². The van der Waals surface area contributed by atoms with E-state index in [4.69, 9.17) is 9.97 Å². The molecule has 6 heterocycles. The maximum atomic E-state index is 13.7. The van der Waals surface area contributed by atoms with E-state index in [0.29, 0.717) is 66.4 Å². The summed E-state index contributed by atoms with van der Waals surface area (Å²) in [6, 6.07) is 37.5. The van der Waals surface area contributed by atoms with Gasteiger partial charge in [-0.25, -0.2) is 9.97 Å². The van der Waals surface area contributed by atoms with Crippen LogP contribution in [0.1, 0.15) is 11.1 Å². The monoisotopic (exact) mass is 776 g/mol. The largest absolute Gasteiger partial charge is 0.416 e. The topological polar surface area (TPSA) is 61.4 Å². The zero-order chi connectivity index (χ0) is 39.8. The second-order valence-corrected chi connectivity index (χ2v) is 13.8. The van der Waals surface area contributed by atoms with Gasteiger partial charge in [0.2, 0.25) is 0 Å². The molecule has 0 aliphatic carbocycles. The fraction of sp³-hybridized carbons (Fsp3) is 0.0435. The zero-order valence-electron chi connectivity index (χ0n) is 30.0. The smallest absolute Gasteiger partial charge is 0.308 e. The fourth-order valence-electron chi connectivity index (χ4n) is 7.73. The molecular weight excluding hydrogens is 751 g/mol. The lowest BCUT2D eigenvalue weighted by atomic mass is 10.1. The number of rotatable bonds is 5. The number of alkyl halides is 6. The Bertz CT molecular complexity index is 3020. The van der Waals surface area contributed by atoms with E-state index >= 15 is 0 Å². The van der Waals surface area contributed by atoms with E-state index in [1.807, 2.05) is 94.1 Å². The molecule has 282 valence electrons. The Balaban J connectivity index is 1.01. The Hall–Kier alpha value is -7.34. The van der Waals surface area contributed by atoms with Crippen LogP contribution in [0.2, 0.25) is 0 Å². The Morgan fingerprint density at radius 1 is 0.379 bits per heavy atom. The maximum absolute atomic E-state index is 13.7. The van der Waals surface area contributed by atoms with Gasteiger partial charge in [-0.1, -0.05) is 36.4 Å². The van der Waals surface area contributed by atoms with E-state index in [9.17, 15) is 26.3 Å². The zero-order valence-corrected chi connectivity index (χ0v) is 30.0. The number of hydrogen-bond donors (Lipinski definition) is 0. The molecule has 0 saturated carbocycles. The van der Waals surface area contributed by atoms with Crippen LogP contribution < -0.4 is 0 Å². The predicted molar refractivity (Wildman–Crippen MR) is 213 cm³/mol. The molecule has 12 heteroatoms. The second kappa shape index (κ2) is 13.1. The number of halogens is 6. The third kappa shape index (κ3) is 5.92. The molecule has 0 N–H and O–H groups in total. The lowest BCUT2D eigenvalue weighted by molar-refractivity contribution is -0.138. The van der Waals surface area contributed by atoms with Gasteiger partial charge in [0.25, 0.3) is 0 Å². The van der Waals surface area contributed by atoms with E-state index in [1.54, 1.807) is 36.9 Å². The minimum atomic E-state index is -4.48. The van der Waals surface area contributed by atoms with Crippen molar-refractivity contribution < 1.29 is 26.3 Å². The van der Waals surface area contributed by atoms with Crippen LogP contribution in [0.15, 0.2) is 158 Å². The van der Waals surface area contributed by atoms with Gasteiger partial charge in [-0.15, -0.1) is 0 Å². The summed E-state index contributed by atoms with van der Waals surface area (Å²) in [4.78, 5) is 18.5. The summed E-state index contributed by atoms with van der Waals surface area (Å²) in [5.74, 6) is 0. The number of benzene rings is 4. The number of fused-ring (bicyclic) bond motifs is 6. The van der Waals surface area contributed by atoms with Crippen molar-refractivity contribution in [2.24, 2.45) is 0 Å². The summed E-state index contributed by atoms with van der Waals surface area (Å²) in [6.07, 6.45) is -2.52. The molecule has 10 rings (SSSR count). The van der Waals surface area contributed by atoms with Gasteiger partial charge in [0.1, 0.15) is 0 Å². The molecule has 0 saturated heterocycles. The summed E-state index contributed by atoms with van der Waals surface area (Å²) in [7, 11) is 0. The van der Waals surface area contributed by atoms with E-state index in [0.717, 1.165) is 34.6 Å². The highest BCUT2D eigenvalue weighted by Crippen LogP contribution is 2.39. The summed E-state index contributed by atoms with van der Waals surface area (Å²) >= 11 is 0. The first-order chi connectivity index (χ1) is 28.0. The minimum Gasteiger partial charge on any atom is -0.308 e. The quantitative estimate of drug-likeness (QED) is 0.163. The third-order valence-corrected chi connectivity index (χ3v) is 10.4. The normalized spacial score (nSPS) is 12.3. The summed E-state index contributed by atoms with van der Waals surface area (Å²) in [5.41, 5.74) is 6.76. The number of hydrogen-bond acceptors (Lipinski definition) is 4. The summed E-state index contributed by atoms with van der Waals surface area (Å²) < 4.78 is 85.9. The first-order valence-corrected chi connectivity index (χ1v) is 18.1. The summed E-state index contributed by atoms with van der Waals surface area (Å²) in [6.45, 7) is 0. The van der Waals surface area contributed by atoms with E-state index in [1.165, 1.54) is 24.3 Å². The van der Waals surface area contributed by atoms with Gasteiger partial charge in [0, 0.05) is 56.4 Å². The highest BCUT2D eigenvalue weighted by molar-refractivity contribution is 6.10. The van der Waals surface area contributed by atoms with Crippen LogP contribution in [0, 0.1) is 0 Å². The molecule has 4 aromatic carbocycles. The lowest BCUT2D eigenvalue weighted by Gasteiger charge is -2.12. The van der Waals surface area contributed by atoms with Gasteiger partial charge in [-0.05, 0) is 97.1 Å². The van der Waals surface area contributed by atoms with Gasteiger partial charge in [0.15, 0.2) is 0 Å². The Morgan fingerprint density at radius 3 is 1.22 bits per heavy atom. The van der Waals surface area contributed by atoms with Crippen molar-refractivity contribution in [2.75, 3.05) is 0 Å². The molecule has 0 radical (unpaired) electrons. The van der Waals surface area contributed by atoms with E-state index in [-0.39, 0.29) is 0 Å². The number of pyridine rings is 4. The Morgan fingerprint density at radius 2 is 0.793 bits per heavy atom. The van der Waals surface area contributed by atoms with Crippen molar-refractivity contribution in [2.45, 2.75) is 12.4 Å². The van der Waals surface area contributed by atoms with Crippen molar-refractivity contribution in [1.29, 1.82) is 0 Å². The molecule has 0 spiro atoms. The Labute approximate surface area is 325 Å². The molecule has 0 fully saturated rings. The molecule has 0 unspecified atom stereocenters. The fourth-order valence-corrected chi connectivity index (χ4v) is 7.73. The SMILES string of the molecule is FC(F)(F)c1ccc2c(c1)c1ccncc1n2-c1cccc(-c2cccc(-c3cccc(-c4cccc(-n5c6ccc(C(F)(F)F)cc6c6ccncc65)c4)n3)n2)c1. The van der Waals surface area contributed by atoms with Crippen LogP contribution in [0.25, 0.3) is 88.9 Å². The summed E-state index contributed by atoms with van der Waals surface area (Å²) in [5, 5.41) is 2.26. The molecule has 0 bridgehead atoms. The molecule has 0 atom stereocenters. The van der Waals surface area contributed by atoms with Crippen LogP contribution in [0.3, 0.4) is 0 Å². The van der Waals surface area contributed by atoms with Gasteiger partial charge in [0.05, 0.1) is 68.4 Å². The molecule has 0 aliphatic heterocycles. The van der Waals surface area contributed by atoms with Crippen LogP contribution in [-0.4, -0.2) is 29.1 Å². The average molecular weight is 777 g/mol. The highest BCUT2D eigenvalue weighted by Gasteiger charge is 2.32. The molecule has 0 amide bonds. The molecule has 10 aromatic rings. The highest BCUT2D eigenvalue weighted by atomic mass is 19.4. The standard InChI is InChI=1S/C46H26F6N6/c47-45(48,49)29-13-15-41-35(23-29)33-17-19-53-25-43(33)57(41)31-7-1-5-27(21-31)37-9-3-11-39(55-37)40-12-4-10-38(56-40)28-6-2-8-32(22-28)58-42-16-14-30(46(50,51)52)24-36(42)34-18-20-54-26-44(34)58/h1-26H. The molecular formula is C46H26F6N6. The van der Waals surface area contributed by atoms with Crippen LogP contribution in [0.4, 0.5) is 26.3 Å². The van der Waals surface area contributed by atoms with E-state index < -0.39 is 23.5 Å². The molecule has 0 aliphatic rings. The average Bonchev–Trinajstić information content (AvgIpc) is 3.76. The first-order valence-electron chi connectivity index (χ1n) is 18.1. The van der Waals surface area contributed by atoms with Crippen molar-refractivity contribution in [3.8, 4) is 45.3 Å². The van der Waals surface area contributed by atoms with Gasteiger partial charge in [-0.2, -0.15) is 26.3 Å². The Kier molecular flexibility index (Phi) is 7.94. The lowest BCUT2D eigenvalue weighted by Crippen LogP contribution is -2.04. The van der Waals surface area contributed by atoms with Gasteiger partial charge in [-0.3, -0.25) is 9.97 Å². The van der Waals surface area contributed by atoms with Gasteiger partial charge < -0.3 is 9.13 Å². The molecule has 58 heavy (non-hydrogen) atoms. The van der Waals surface area contributed by atoms with Crippen molar-refractivity contribution in [1.82, 2.24) is 29.1 Å². The maximum Gasteiger partial charge on any atom is 0.416 e. The van der Waals surface area contributed by atoms with Crippen LogP contribution in [0.5, 0.6) is 0 Å². The predicted octanol–water partition coefficient (Wildman–Crippen LogP) is 12.5.